The van der Waals surface area contributed by atoms with Crippen molar-refractivity contribution in [2.45, 2.75) is 32.7 Å². The second-order valence-corrected chi connectivity index (χ2v) is 6.93. The largest absolute Gasteiger partial charge is 0.381 e. The molecular weight excluding hydrogens is 326 g/mol. The predicted molar refractivity (Wildman–Crippen MR) is 101 cm³/mol. The molecule has 0 aliphatic carbocycles. The number of carbonyl (C=O) groups is 1. The molecule has 1 atom stereocenters. The lowest BCUT2D eigenvalue weighted by atomic mass is 10.0. The molecule has 6 heteroatoms. The van der Waals surface area contributed by atoms with Crippen molar-refractivity contribution in [1.82, 2.24) is 19.5 Å². The van der Waals surface area contributed by atoms with Crippen LogP contribution in [0.4, 0.5) is 5.69 Å². The second-order valence-electron chi connectivity index (χ2n) is 6.93. The molecule has 1 unspecified atom stereocenters. The third-order valence-corrected chi connectivity index (χ3v) is 4.86. The maximum Gasteiger partial charge on any atom is 0.259 e. The number of hydrogen-bond acceptors (Lipinski definition) is 4. The summed E-state index contributed by atoms with van der Waals surface area (Å²) in [5, 5.41) is 7.89. The molecule has 1 aliphatic rings. The van der Waals surface area contributed by atoms with Crippen LogP contribution in [0.5, 0.6) is 0 Å². The maximum atomic E-state index is 13.1. The molecule has 134 valence electrons. The van der Waals surface area contributed by atoms with E-state index in [0.29, 0.717) is 17.8 Å². The van der Waals surface area contributed by atoms with Crippen LogP contribution >= 0.6 is 0 Å². The van der Waals surface area contributed by atoms with Gasteiger partial charge in [-0.3, -0.25) is 4.79 Å². The van der Waals surface area contributed by atoms with Gasteiger partial charge in [0.05, 0.1) is 6.20 Å². The summed E-state index contributed by atoms with van der Waals surface area (Å²) >= 11 is 0. The Hall–Kier alpha value is -2.89. The molecule has 3 heterocycles. The second kappa shape index (κ2) is 6.78. The summed E-state index contributed by atoms with van der Waals surface area (Å²) in [6, 6.07) is 12.4. The molecule has 0 radical (unpaired) electrons. The van der Waals surface area contributed by atoms with Crippen LogP contribution in [0.1, 0.15) is 34.6 Å². The van der Waals surface area contributed by atoms with Crippen LogP contribution in [-0.2, 0) is 0 Å². The van der Waals surface area contributed by atoms with E-state index in [1.165, 1.54) is 0 Å². The van der Waals surface area contributed by atoms with E-state index >= 15 is 0 Å². The number of piperidine rings is 1. The molecule has 1 aromatic carbocycles. The van der Waals surface area contributed by atoms with Crippen molar-refractivity contribution in [3.05, 3.63) is 59.5 Å². The molecular formula is C20H23N5O. The fourth-order valence-corrected chi connectivity index (χ4v) is 3.64. The van der Waals surface area contributed by atoms with Crippen molar-refractivity contribution in [3.8, 4) is 0 Å². The molecule has 1 N–H and O–H groups in total. The minimum atomic E-state index is 0.0112. The van der Waals surface area contributed by atoms with E-state index < -0.39 is 0 Å². The third kappa shape index (κ3) is 3.14. The number of hydrogen-bond donors (Lipinski definition) is 1. The van der Waals surface area contributed by atoms with Crippen LogP contribution in [-0.4, -0.2) is 44.5 Å². The summed E-state index contributed by atoms with van der Waals surface area (Å²) in [5.41, 5.74) is 4.19. The van der Waals surface area contributed by atoms with E-state index in [0.717, 1.165) is 36.5 Å². The quantitative estimate of drug-likeness (QED) is 0.789. The Morgan fingerprint density at radius 2 is 2.04 bits per heavy atom. The lowest BCUT2D eigenvalue weighted by Crippen LogP contribution is -2.45. The Bertz CT molecular complexity index is 934. The van der Waals surface area contributed by atoms with Gasteiger partial charge in [-0.2, -0.15) is 5.10 Å². The van der Waals surface area contributed by atoms with Gasteiger partial charge in [-0.25, -0.2) is 9.50 Å². The Balaban J connectivity index is 1.55. The number of nitrogens with one attached hydrogen (secondary N) is 1. The van der Waals surface area contributed by atoms with E-state index in [1.807, 2.05) is 43.0 Å². The van der Waals surface area contributed by atoms with Crippen LogP contribution in [0.25, 0.3) is 5.65 Å². The van der Waals surface area contributed by atoms with Gasteiger partial charge in [-0.05, 0) is 44.9 Å². The molecule has 0 spiro atoms. The van der Waals surface area contributed by atoms with Crippen molar-refractivity contribution in [1.29, 1.82) is 0 Å². The SMILES string of the molecule is Cc1cc(C)n2ncc(C(=O)N3CCCC(Nc4ccccc4)C3)c2n1. The number of fused-ring (bicyclic) bond motifs is 1. The number of benzene rings is 1. The molecule has 6 nitrogen and oxygen atoms in total. The molecule has 4 rings (SSSR count). The van der Waals surface area contributed by atoms with Gasteiger partial charge >= 0.3 is 0 Å². The Labute approximate surface area is 152 Å². The first kappa shape index (κ1) is 16.6. The van der Waals surface area contributed by atoms with Crippen LogP contribution in [0, 0.1) is 13.8 Å². The molecule has 0 saturated carbocycles. The summed E-state index contributed by atoms with van der Waals surface area (Å²) in [6.45, 7) is 5.38. The number of aromatic nitrogens is 3. The van der Waals surface area contributed by atoms with E-state index in [9.17, 15) is 4.79 Å². The highest BCUT2D eigenvalue weighted by atomic mass is 16.2. The average molecular weight is 349 g/mol. The Morgan fingerprint density at radius 3 is 2.85 bits per heavy atom. The average Bonchev–Trinajstić information content (AvgIpc) is 3.06. The van der Waals surface area contributed by atoms with Gasteiger partial charge < -0.3 is 10.2 Å². The van der Waals surface area contributed by atoms with Gasteiger partial charge in [0.25, 0.3) is 5.91 Å². The molecule has 26 heavy (non-hydrogen) atoms. The zero-order valence-corrected chi connectivity index (χ0v) is 15.1. The van der Waals surface area contributed by atoms with Gasteiger partial charge in [0.2, 0.25) is 0 Å². The highest BCUT2D eigenvalue weighted by molar-refractivity contribution is 5.99. The number of likely N-dealkylation sites (tertiary alicyclic amines) is 1. The monoisotopic (exact) mass is 349 g/mol. The number of nitrogens with zero attached hydrogens (tertiary/aromatic N) is 4. The van der Waals surface area contributed by atoms with Gasteiger partial charge in [0.15, 0.2) is 5.65 Å². The zero-order valence-electron chi connectivity index (χ0n) is 15.1. The zero-order chi connectivity index (χ0) is 18.1. The topological polar surface area (TPSA) is 62.5 Å². The molecule has 1 amide bonds. The van der Waals surface area contributed by atoms with E-state index in [-0.39, 0.29) is 11.9 Å². The number of anilines is 1. The third-order valence-electron chi connectivity index (χ3n) is 4.86. The van der Waals surface area contributed by atoms with Crippen molar-refractivity contribution >= 4 is 17.2 Å². The molecule has 1 aliphatic heterocycles. The number of para-hydroxylation sites is 1. The van der Waals surface area contributed by atoms with Gasteiger partial charge in [0.1, 0.15) is 5.56 Å². The summed E-state index contributed by atoms with van der Waals surface area (Å²) in [5.74, 6) is 0.0112. The number of rotatable bonds is 3. The van der Waals surface area contributed by atoms with E-state index in [1.54, 1.807) is 10.7 Å². The first-order valence-electron chi connectivity index (χ1n) is 9.04. The lowest BCUT2D eigenvalue weighted by Gasteiger charge is -2.33. The van der Waals surface area contributed by atoms with Crippen molar-refractivity contribution in [3.63, 3.8) is 0 Å². The molecule has 3 aromatic rings. The minimum absolute atomic E-state index is 0.0112. The van der Waals surface area contributed by atoms with Crippen molar-refractivity contribution in [2.75, 3.05) is 18.4 Å². The summed E-state index contributed by atoms with van der Waals surface area (Å²) < 4.78 is 1.74. The highest BCUT2D eigenvalue weighted by Crippen LogP contribution is 2.20. The first-order valence-corrected chi connectivity index (χ1v) is 9.04. The number of amides is 1. The van der Waals surface area contributed by atoms with E-state index in [2.05, 4.69) is 27.5 Å². The highest BCUT2D eigenvalue weighted by Gasteiger charge is 2.27. The fourth-order valence-electron chi connectivity index (χ4n) is 3.64. The van der Waals surface area contributed by atoms with Crippen molar-refractivity contribution in [2.24, 2.45) is 0 Å². The summed E-state index contributed by atoms with van der Waals surface area (Å²) in [4.78, 5) is 19.6. The fraction of sp³-hybridized carbons (Fsp3) is 0.350. The van der Waals surface area contributed by atoms with Crippen LogP contribution in [0.3, 0.4) is 0 Å². The van der Waals surface area contributed by atoms with Crippen LogP contribution < -0.4 is 5.32 Å². The van der Waals surface area contributed by atoms with Crippen molar-refractivity contribution < 1.29 is 4.79 Å². The predicted octanol–water partition coefficient (Wildman–Crippen LogP) is 3.06. The van der Waals surface area contributed by atoms with Gasteiger partial charge in [0, 0.05) is 36.2 Å². The number of carbonyl (C=O) groups excluding carboxylic acids is 1. The molecule has 0 bridgehead atoms. The van der Waals surface area contributed by atoms with Gasteiger partial charge in [-0.1, -0.05) is 18.2 Å². The van der Waals surface area contributed by atoms with E-state index in [4.69, 9.17) is 0 Å². The van der Waals surface area contributed by atoms with Crippen LogP contribution in [0.2, 0.25) is 0 Å². The molecule has 2 aromatic heterocycles. The summed E-state index contributed by atoms with van der Waals surface area (Å²) in [7, 11) is 0. The normalized spacial score (nSPS) is 17.5. The Kier molecular flexibility index (Phi) is 4.32. The van der Waals surface area contributed by atoms with Crippen LogP contribution in [0.15, 0.2) is 42.6 Å². The minimum Gasteiger partial charge on any atom is -0.381 e. The maximum absolute atomic E-state index is 13.1. The number of aryl methyl sites for hydroxylation is 2. The summed E-state index contributed by atoms with van der Waals surface area (Å²) in [6.07, 6.45) is 3.69. The standard InChI is InChI=1S/C20H23N5O/c1-14-11-15(2)25-19(22-14)18(12-21-25)20(26)24-10-6-9-17(13-24)23-16-7-4-3-5-8-16/h3-5,7-8,11-12,17,23H,6,9-10,13H2,1-2H3. The van der Waals surface area contributed by atoms with Gasteiger partial charge in [-0.15, -0.1) is 0 Å². The first-order chi connectivity index (χ1) is 12.6. The smallest absolute Gasteiger partial charge is 0.259 e. The Morgan fingerprint density at radius 1 is 1.23 bits per heavy atom. The molecule has 1 saturated heterocycles. The molecule has 1 fully saturated rings. The lowest BCUT2D eigenvalue weighted by molar-refractivity contribution is 0.0716.